The van der Waals surface area contributed by atoms with E-state index in [4.69, 9.17) is 10.5 Å². The highest BCUT2D eigenvalue weighted by Gasteiger charge is 2.07. The maximum Gasteiger partial charge on any atom is 0.240 e. The predicted molar refractivity (Wildman–Crippen MR) is 83.5 cm³/mol. The van der Waals surface area contributed by atoms with Crippen LogP contribution in [0.2, 0.25) is 0 Å². The molecule has 2 aromatic rings. The molecule has 0 spiro atoms. The molecular weight excluding hydrogens is 292 g/mol. The number of amides is 1. The summed E-state index contributed by atoms with van der Waals surface area (Å²) in [7, 11) is 1.91. The van der Waals surface area contributed by atoms with Crippen molar-refractivity contribution in [2.24, 2.45) is 12.8 Å². The molecule has 0 aliphatic heterocycles. The Morgan fingerprint density at radius 3 is 2.62 bits per heavy atom. The Balaban J connectivity index is 0.00000220. The Hall–Kier alpha value is -2.05. The van der Waals surface area contributed by atoms with E-state index in [2.05, 4.69) is 10.3 Å². The quantitative estimate of drug-likeness (QED) is 0.880. The molecule has 21 heavy (non-hydrogen) atoms. The molecule has 114 valence electrons. The molecule has 1 amide bonds. The van der Waals surface area contributed by atoms with E-state index < -0.39 is 6.04 Å². The van der Waals surface area contributed by atoms with Crippen LogP contribution in [0.5, 0.6) is 5.75 Å². The zero-order chi connectivity index (χ0) is 14.5. The molecule has 2 rings (SSSR count). The van der Waals surface area contributed by atoms with Crippen molar-refractivity contribution in [1.29, 1.82) is 0 Å². The van der Waals surface area contributed by atoms with Gasteiger partial charge in [-0.1, -0.05) is 0 Å². The fourth-order valence-corrected chi connectivity index (χ4v) is 1.57. The molecule has 0 aliphatic carbocycles. The van der Waals surface area contributed by atoms with Gasteiger partial charge in [-0.2, -0.15) is 0 Å². The van der Waals surface area contributed by atoms with Crippen molar-refractivity contribution in [3.05, 3.63) is 42.5 Å². The molecule has 0 saturated heterocycles. The maximum atomic E-state index is 11.4. The van der Waals surface area contributed by atoms with Crippen molar-refractivity contribution in [1.82, 2.24) is 9.55 Å². The summed E-state index contributed by atoms with van der Waals surface area (Å²) in [5.41, 5.74) is 6.18. The van der Waals surface area contributed by atoms with Crippen molar-refractivity contribution in [2.75, 3.05) is 5.32 Å². The van der Waals surface area contributed by atoms with Crippen LogP contribution >= 0.6 is 12.4 Å². The van der Waals surface area contributed by atoms with Gasteiger partial charge in [-0.25, -0.2) is 4.98 Å². The summed E-state index contributed by atoms with van der Waals surface area (Å²) in [4.78, 5) is 15.6. The average Bonchev–Trinajstić information content (AvgIpc) is 2.83. The highest BCUT2D eigenvalue weighted by Crippen LogP contribution is 2.16. The molecule has 6 nitrogen and oxygen atoms in total. The predicted octanol–water partition coefficient (Wildman–Crippen LogP) is 1.71. The van der Waals surface area contributed by atoms with E-state index in [1.165, 1.54) is 0 Å². The molecule has 1 aromatic heterocycles. The molecule has 1 unspecified atom stereocenters. The second-order valence-corrected chi connectivity index (χ2v) is 4.55. The molecule has 3 N–H and O–H groups in total. The van der Waals surface area contributed by atoms with Crippen LogP contribution in [0.4, 0.5) is 5.69 Å². The lowest BCUT2D eigenvalue weighted by Crippen LogP contribution is -2.32. The molecule has 7 heteroatoms. The fourth-order valence-electron chi connectivity index (χ4n) is 1.57. The number of benzene rings is 1. The van der Waals surface area contributed by atoms with Crippen molar-refractivity contribution in [3.8, 4) is 5.75 Å². The first-order valence-corrected chi connectivity index (χ1v) is 6.32. The van der Waals surface area contributed by atoms with Gasteiger partial charge in [0.25, 0.3) is 0 Å². The standard InChI is InChI=1S/C14H18N4O2.ClH/c1-10(15)14(19)17-11-3-5-12(6-4-11)20-9-13-16-7-8-18(13)2;/h3-8,10H,9,15H2,1-2H3,(H,17,19);1H. The number of ether oxygens (including phenoxy) is 1. The van der Waals surface area contributed by atoms with Gasteiger partial charge in [-0.05, 0) is 31.2 Å². The fraction of sp³-hybridized carbons (Fsp3) is 0.286. The van der Waals surface area contributed by atoms with Crippen LogP contribution in [0, 0.1) is 0 Å². The molecule has 0 fully saturated rings. The topological polar surface area (TPSA) is 82.2 Å². The monoisotopic (exact) mass is 310 g/mol. The Morgan fingerprint density at radius 1 is 1.43 bits per heavy atom. The summed E-state index contributed by atoms with van der Waals surface area (Å²) in [6, 6.07) is 6.59. The summed E-state index contributed by atoms with van der Waals surface area (Å²) >= 11 is 0. The molecule has 0 radical (unpaired) electrons. The Kier molecular flexibility index (Phi) is 6.20. The number of imidazole rings is 1. The van der Waals surface area contributed by atoms with Gasteiger partial charge in [0.2, 0.25) is 5.91 Å². The van der Waals surface area contributed by atoms with Crippen molar-refractivity contribution in [3.63, 3.8) is 0 Å². The minimum Gasteiger partial charge on any atom is -0.486 e. The third-order valence-electron chi connectivity index (χ3n) is 2.82. The summed E-state index contributed by atoms with van der Waals surface area (Å²) in [5.74, 6) is 1.35. The molecule has 1 heterocycles. The van der Waals surface area contributed by atoms with Gasteiger partial charge in [0.05, 0.1) is 6.04 Å². The number of aryl methyl sites for hydroxylation is 1. The average molecular weight is 311 g/mol. The lowest BCUT2D eigenvalue weighted by atomic mass is 10.2. The van der Waals surface area contributed by atoms with Gasteiger partial charge in [0.1, 0.15) is 18.2 Å². The number of carbonyl (C=O) groups is 1. The number of nitrogens with one attached hydrogen (secondary N) is 1. The third kappa shape index (κ3) is 4.77. The summed E-state index contributed by atoms with van der Waals surface area (Å²) in [5, 5.41) is 2.71. The van der Waals surface area contributed by atoms with E-state index in [1.54, 1.807) is 37.4 Å². The number of carbonyl (C=O) groups excluding carboxylic acids is 1. The van der Waals surface area contributed by atoms with E-state index in [9.17, 15) is 4.79 Å². The Labute approximate surface area is 129 Å². The number of nitrogens with zero attached hydrogens (tertiary/aromatic N) is 2. The van der Waals surface area contributed by atoms with Crippen LogP contribution in [-0.2, 0) is 18.4 Å². The second kappa shape index (κ2) is 7.66. The molecule has 1 aromatic carbocycles. The van der Waals surface area contributed by atoms with Gasteiger partial charge in [0, 0.05) is 25.1 Å². The summed E-state index contributed by atoms with van der Waals surface area (Å²) in [6.45, 7) is 2.04. The molecule has 0 bridgehead atoms. The third-order valence-corrected chi connectivity index (χ3v) is 2.82. The van der Waals surface area contributed by atoms with Gasteiger partial charge < -0.3 is 20.4 Å². The number of hydrogen-bond acceptors (Lipinski definition) is 4. The largest absolute Gasteiger partial charge is 0.486 e. The van der Waals surface area contributed by atoms with E-state index >= 15 is 0 Å². The van der Waals surface area contributed by atoms with Crippen LogP contribution < -0.4 is 15.8 Å². The van der Waals surface area contributed by atoms with Gasteiger partial charge in [-0.15, -0.1) is 12.4 Å². The van der Waals surface area contributed by atoms with Crippen LogP contribution in [0.25, 0.3) is 0 Å². The minimum atomic E-state index is -0.533. The van der Waals surface area contributed by atoms with E-state index in [1.807, 2.05) is 17.8 Å². The number of hydrogen-bond donors (Lipinski definition) is 2. The second-order valence-electron chi connectivity index (χ2n) is 4.55. The van der Waals surface area contributed by atoms with Crippen molar-refractivity contribution < 1.29 is 9.53 Å². The van der Waals surface area contributed by atoms with Gasteiger partial charge in [-0.3, -0.25) is 4.79 Å². The van der Waals surface area contributed by atoms with E-state index in [0.717, 1.165) is 5.82 Å². The van der Waals surface area contributed by atoms with E-state index in [0.29, 0.717) is 18.0 Å². The van der Waals surface area contributed by atoms with Crippen LogP contribution in [0.3, 0.4) is 0 Å². The van der Waals surface area contributed by atoms with Gasteiger partial charge in [0.15, 0.2) is 0 Å². The highest BCUT2D eigenvalue weighted by atomic mass is 35.5. The van der Waals surface area contributed by atoms with E-state index in [-0.39, 0.29) is 18.3 Å². The molecule has 1 atom stereocenters. The Morgan fingerprint density at radius 2 is 2.10 bits per heavy atom. The van der Waals surface area contributed by atoms with Crippen LogP contribution in [0.15, 0.2) is 36.7 Å². The number of halogens is 1. The van der Waals surface area contributed by atoms with Crippen LogP contribution in [-0.4, -0.2) is 21.5 Å². The number of aromatic nitrogens is 2. The zero-order valence-electron chi connectivity index (χ0n) is 11.9. The number of rotatable bonds is 5. The first-order valence-electron chi connectivity index (χ1n) is 6.32. The molecular formula is C14H19ClN4O2. The molecule has 0 aliphatic rings. The highest BCUT2D eigenvalue weighted by molar-refractivity contribution is 5.94. The Bertz CT molecular complexity index is 581. The molecule has 0 saturated carbocycles. The van der Waals surface area contributed by atoms with Crippen molar-refractivity contribution in [2.45, 2.75) is 19.6 Å². The number of anilines is 1. The first kappa shape index (κ1) is 17.0. The summed E-state index contributed by atoms with van der Waals surface area (Å²) in [6.07, 6.45) is 3.59. The minimum absolute atomic E-state index is 0. The van der Waals surface area contributed by atoms with Crippen LogP contribution in [0.1, 0.15) is 12.7 Å². The van der Waals surface area contributed by atoms with Gasteiger partial charge >= 0.3 is 0 Å². The normalized spacial score (nSPS) is 11.4. The maximum absolute atomic E-state index is 11.4. The smallest absolute Gasteiger partial charge is 0.240 e. The zero-order valence-corrected chi connectivity index (χ0v) is 12.8. The number of nitrogens with two attached hydrogens (primary N) is 1. The first-order chi connectivity index (χ1) is 9.56. The van der Waals surface area contributed by atoms with Crippen molar-refractivity contribution >= 4 is 24.0 Å². The lowest BCUT2D eigenvalue weighted by molar-refractivity contribution is -0.117. The SMILES string of the molecule is CC(N)C(=O)Nc1ccc(OCc2nccn2C)cc1.Cl. The summed E-state index contributed by atoms with van der Waals surface area (Å²) < 4.78 is 7.52. The lowest BCUT2D eigenvalue weighted by Gasteiger charge is -2.09.